The number of hydrogen-bond donors (Lipinski definition) is 0. The number of ketones is 1. The third-order valence-electron chi connectivity index (χ3n) is 2.06. The van der Waals surface area contributed by atoms with E-state index in [1.54, 1.807) is 17.8 Å². The van der Waals surface area contributed by atoms with Crippen LogP contribution in [0.4, 0.5) is 4.39 Å². The van der Waals surface area contributed by atoms with E-state index in [1.807, 2.05) is 13.0 Å². The molecule has 15 heavy (non-hydrogen) atoms. The van der Waals surface area contributed by atoms with E-state index in [2.05, 4.69) is 0 Å². The number of halogens is 1. The van der Waals surface area contributed by atoms with Crippen molar-refractivity contribution in [2.75, 3.05) is 5.75 Å². The van der Waals surface area contributed by atoms with Gasteiger partial charge in [0.1, 0.15) is 11.6 Å². The maximum Gasteiger partial charge on any atom is 0.132 e. The molecule has 0 saturated heterocycles. The van der Waals surface area contributed by atoms with Crippen molar-refractivity contribution in [1.29, 1.82) is 0 Å². The lowest BCUT2D eigenvalue weighted by Crippen LogP contribution is -1.95. The third kappa shape index (κ3) is 4.98. The third-order valence-corrected chi connectivity index (χ3v) is 3.14. The second-order valence-corrected chi connectivity index (χ2v) is 4.47. The van der Waals surface area contributed by atoms with Crippen molar-refractivity contribution in [2.24, 2.45) is 0 Å². The van der Waals surface area contributed by atoms with Crippen LogP contribution in [0, 0.1) is 5.82 Å². The van der Waals surface area contributed by atoms with E-state index in [4.69, 9.17) is 0 Å². The van der Waals surface area contributed by atoms with Crippen molar-refractivity contribution < 1.29 is 9.18 Å². The minimum Gasteiger partial charge on any atom is -0.300 e. The van der Waals surface area contributed by atoms with Crippen molar-refractivity contribution in [3.63, 3.8) is 0 Å². The molecule has 1 nitrogen and oxygen atoms in total. The van der Waals surface area contributed by atoms with Gasteiger partial charge in [0.15, 0.2) is 0 Å². The lowest BCUT2D eigenvalue weighted by molar-refractivity contribution is -0.118. The van der Waals surface area contributed by atoms with Gasteiger partial charge in [0.2, 0.25) is 0 Å². The Morgan fingerprint density at radius 2 is 2.27 bits per heavy atom. The lowest BCUT2D eigenvalue weighted by atomic mass is 10.2. The van der Waals surface area contributed by atoms with Crippen molar-refractivity contribution in [3.05, 3.63) is 30.1 Å². The average molecular weight is 226 g/mol. The summed E-state index contributed by atoms with van der Waals surface area (Å²) in [5, 5.41) is 0. The normalized spacial score (nSPS) is 10.3. The Bertz CT molecular complexity index is 325. The van der Waals surface area contributed by atoms with Crippen LogP contribution in [0.25, 0.3) is 0 Å². The molecule has 0 aliphatic heterocycles. The van der Waals surface area contributed by atoms with Gasteiger partial charge in [0.05, 0.1) is 0 Å². The van der Waals surface area contributed by atoms with E-state index in [0.717, 1.165) is 17.1 Å². The first kappa shape index (κ1) is 12.2. The zero-order valence-electron chi connectivity index (χ0n) is 8.83. The molecule has 0 N–H and O–H groups in total. The zero-order chi connectivity index (χ0) is 11.1. The molecule has 82 valence electrons. The SMILES string of the molecule is CCC(=O)CCCSc1cccc(F)c1. The molecule has 1 rings (SSSR count). The Balaban J connectivity index is 2.23. The van der Waals surface area contributed by atoms with Gasteiger partial charge in [-0.05, 0) is 30.4 Å². The smallest absolute Gasteiger partial charge is 0.132 e. The van der Waals surface area contributed by atoms with E-state index >= 15 is 0 Å². The van der Waals surface area contributed by atoms with Gasteiger partial charge in [-0.25, -0.2) is 4.39 Å². The molecule has 0 fully saturated rings. The summed E-state index contributed by atoms with van der Waals surface area (Å²) in [5.41, 5.74) is 0. The first-order valence-corrected chi connectivity index (χ1v) is 6.11. The van der Waals surface area contributed by atoms with E-state index in [0.29, 0.717) is 18.6 Å². The molecule has 0 atom stereocenters. The molecular weight excluding hydrogens is 211 g/mol. The van der Waals surface area contributed by atoms with Gasteiger partial charge < -0.3 is 0 Å². The van der Waals surface area contributed by atoms with E-state index in [1.165, 1.54) is 12.1 Å². The summed E-state index contributed by atoms with van der Waals surface area (Å²) in [7, 11) is 0. The Labute approximate surface area is 94.1 Å². The molecule has 0 heterocycles. The molecule has 1 aromatic rings. The molecule has 0 amide bonds. The molecule has 0 aliphatic rings. The van der Waals surface area contributed by atoms with Crippen LogP contribution in [-0.4, -0.2) is 11.5 Å². The van der Waals surface area contributed by atoms with Crippen LogP contribution in [0.2, 0.25) is 0 Å². The largest absolute Gasteiger partial charge is 0.300 e. The van der Waals surface area contributed by atoms with Gasteiger partial charge >= 0.3 is 0 Å². The summed E-state index contributed by atoms with van der Waals surface area (Å²) in [5.74, 6) is 0.967. The highest BCUT2D eigenvalue weighted by atomic mass is 32.2. The quantitative estimate of drug-likeness (QED) is 0.543. The summed E-state index contributed by atoms with van der Waals surface area (Å²) < 4.78 is 12.8. The Morgan fingerprint density at radius 3 is 2.93 bits per heavy atom. The number of hydrogen-bond acceptors (Lipinski definition) is 2. The Hall–Kier alpha value is -0.830. The summed E-state index contributed by atoms with van der Waals surface area (Å²) in [6.07, 6.45) is 2.12. The standard InChI is InChI=1S/C12H15FOS/c1-2-11(14)6-4-8-15-12-7-3-5-10(13)9-12/h3,5,7,9H,2,4,6,8H2,1H3. The summed E-state index contributed by atoms with van der Waals surface area (Å²) in [4.78, 5) is 11.9. The highest BCUT2D eigenvalue weighted by molar-refractivity contribution is 7.99. The average Bonchev–Trinajstić information content (AvgIpc) is 2.24. The number of carbonyl (C=O) groups excluding carboxylic acids is 1. The van der Waals surface area contributed by atoms with Gasteiger partial charge in [-0.15, -0.1) is 11.8 Å². The van der Waals surface area contributed by atoms with Gasteiger partial charge in [-0.1, -0.05) is 13.0 Å². The van der Waals surface area contributed by atoms with Crippen molar-refractivity contribution >= 4 is 17.5 Å². The van der Waals surface area contributed by atoms with Gasteiger partial charge in [0, 0.05) is 17.7 Å². The molecule has 0 unspecified atom stereocenters. The predicted molar refractivity (Wildman–Crippen MR) is 61.7 cm³/mol. The van der Waals surface area contributed by atoms with Crippen molar-refractivity contribution in [2.45, 2.75) is 31.1 Å². The zero-order valence-corrected chi connectivity index (χ0v) is 9.65. The van der Waals surface area contributed by atoms with Crippen molar-refractivity contribution in [1.82, 2.24) is 0 Å². The van der Waals surface area contributed by atoms with E-state index in [-0.39, 0.29) is 5.82 Å². The number of rotatable bonds is 6. The summed E-state index contributed by atoms with van der Waals surface area (Å²) in [6, 6.07) is 6.54. The van der Waals surface area contributed by atoms with Gasteiger partial charge in [-0.3, -0.25) is 4.79 Å². The molecule has 1 aromatic carbocycles. The summed E-state index contributed by atoms with van der Waals surface area (Å²) >= 11 is 1.59. The van der Waals surface area contributed by atoms with Crippen LogP contribution >= 0.6 is 11.8 Å². The number of Topliss-reactive ketones (excluding diaryl/α,β-unsaturated/α-hetero) is 1. The molecule has 0 bridgehead atoms. The maximum absolute atomic E-state index is 12.8. The van der Waals surface area contributed by atoms with Crippen LogP contribution in [0.3, 0.4) is 0 Å². The van der Waals surface area contributed by atoms with Crippen LogP contribution in [0.15, 0.2) is 29.2 Å². The summed E-state index contributed by atoms with van der Waals surface area (Å²) in [6.45, 7) is 1.88. The van der Waals surface area contributed by atoms with Crippen LogP contribution in [-0.2, 0) is 4.79 Å². The van der Waals surface area contributed by atoms with Crippen LogP contribution in [0.1, 0.15) is 26.2 Å². The molecule has 0 spiro atoms. The highest BCUT2D eigenvalue weighted by Crippen LogP contribution is 2.19. The minimum atomic E-state index is -0.204. The van der Waals surface area contributed by atoms with E-state index < -0.39 is 0 Å². The fraction of sp³-hybridized carbons (Fsp3) is 0.417. The number of benzene rings is 1. The van der Waals surface area contributed by atoms with Gasteiger partial charge in [-0.2, -0.15) is 0 Å². The second-order valence-electron chi connectivity index (χ2n) is 3.30. The highest BCUT2D eigenvalue weighted by Gasteiger charge is 1.99. The molecule has 0 saturated carbocycles. The second kappa shape index (κ2) is 6.62. The first-order chi connectivity index (χ1) is 7.22. The molecule has 3 heteroatoms. The molecular formula is C12H15FOS. The lowest BCUT2D eigenvalue weighted by Gasteiger charge is -2.00. The molecule has 0 aliphatic carbocycles. The predicted octanol–water partition coefficient (Wildman–Crippen LogP) is 3.68. The molecule has 0 radical (unpaired) electrons. The monoisotopic (exact) mass is 226 g/mol. The first-order valence-electron chi connectivity index (χ1n) is 5.12. The number of carbonyl (C=O) groups is 1. The fourth-order valence-corrected chi connectivity index (χ4v) is 2.09. The van der Waals surface area contributed by atoms with Gasteiger partial charge in [0.25, 0.3) is 0 Å². The van der Waals surface area contributed by atoms with Crippen LogP contribution < -0.4 is 0 Å². The number of thioether (sulfide) groups is 1. The minimum absolute atomic E-state index is 0.204. The van der Waals surface area contributed by atoms with Crippen LogP contribution in [0.5, 0.6) is 0 Å². The van der Waals surface area contributed by atoms with Crippen molar-refractivity contribution in [3.8, 4) is 0 Å². The maximum atomic E-state index is 12.8. The molecule has 0 aromatic heterocycles. The Kier molecular flexibility index (Phi) is 5.40. The Morgan fingerprint density at radius 1 is 1.47 bits per heavy atom. The topological polar surface area (TPSA) is 17.1 Å². The van der Waals surface area contributed by atoms with E-state index in [9.17, 15) is 9.18 Å². The fourth-order valence-electron chi connectivity index (χ4n) is 1.19.